The van der Waals surface area contributed by atoms with E-state index in [0.717, 1.165) is 25.9 Å². The normalized spacial score (nSPS) is 23.3. The van der Waals surface area contributed by atoms with Crippen LogP contribution in [0.1, 0.15) is 25.7 Å². The number of hydrogen-bond acceptors (Lipinski definition) is 5. The minimum Gasteiger partial charge on any atom is -0.475 e. The lowest BCUT2D eigenvalue weighted by Crippen LogP contribution is -2.54. The van der Waals surface area contributed by atoms with E-state index in [2.05, 4.69) is 16.0 Å². The Kier molecular flexibility index (Phi) is 6.75. The number of hydrogen-bond donors (Lipinski definition) is 4. The Hall–Kier alpha value is -1.68. The number of amides is 2. The number of carbonyl (C=O) groups is 3. The van der Waals surface area contributed by atoms with Crippen LogP contribution in [0.2, 0.25) is 0 Å². The predicted molar refractivity (Wildman–Crippen MR) is 68.9 cm³/mol. The van der Waals surface area contributed by atoms with Gasteiger partial charge in [-0.15, -0.1) is 0 Å². The summed E-state index contributed by atoms with van der Waals surface area (Å²) >= 11 is 0. The van der Waals surface area contributed by atoms with E-state index in [9.17, 15) is 22.8 Å². The molecule has 7 nitrogen and oxygen atoms in total. The largest absolute Gasteiger partial charge is 0.490 e. The molecule has 0 aromatic carbocycles. The number of halogens is 3. The maximum absolute atomic E-state index is 11.5. The van der Waals surface area contributed by atoms with Crippen molar-refractivity contribution in [2.75, 3.05) is 13.1 Å². The van der Waals surface area contributed by atoms with Crippen molar-refractivity contribution in [1.82, 2.24) is 16.0 Å². The number of aliphatic carboxylic acids is 1. The second-order valence-electron chi connectivity index (χ2n) is 5.00. The summed E-state index contributed by atoms with van der Waals surface area (Å²) in [6.45, 7) is 2.01. The van der Waals surface area contributed by atoms with E-state index < -0.39 is 12.1 Å². The minimum atomic E-state index is -5.08. The highest BCUT2D eigenvalue weighted by molar-refractivity contribution is 6.00. The molecule has 1 atom stereocenters. The van der Waals surface area contributed by atoms with Gasteiger partial charge in [-0.3, -0.25) is 14.9 Å². The Balaban J connectivity index is 0.000000295. The van der Waals surface area contributed by atoms with Crippen LogP contribution in [0.5, 0.6) is 0 Å². The van der Waals surface area contributed by atoms with Crippen LogP contribution in [0.25, 0.3) is 0 Å². The van der Waals surface area contributed by atoms with E-state index in [1.165, 1.54) is 0 Å². The van der Waals surface area contributed by atoms with Crippen LogP contribution in [0.4, 0.5) is 13.2 Å². The van der Waals surface area contributed by atoms with Gasteiger partial charge in [0.05, 0.1) is 6.04 Å². The van der Waals surface area contributed by atoms with Gasteiger partial charge < -0.3 is 15.7 Å². The van der Waals surface area contributed by atoms with Gasteiger partial charge in [-0.1, -0.05) is 0 Å². The highest BCUT2D eigenvalue weighted by Crippen LogP contribution is 2.13. The lowest BCUT2D eigenvalue weighted by Gasteiger charge is -2.29. The fourth-order valence-electron chi connectivity index (χ4n) is 2.13. The standard InChI is InChI=1S/C10H17N3O2.C2HF3O2/c14-9-2-1-8(10(15)13-9)12-7-3-5-11-6-4-7;3-2(4,5)1(6)7/h7-8,11-12H,1-6H2,(H,13,14,15);(H,6,7). The maximum atomic E-state index is 11.5. The molecule has 2 amide bonds. The van der Waals surface area contributed by atoms with Crippen molar-refractivity contribution < 1.29 is 32.7 Å². The molecule has 2 fully saturated rings. The lowest BCUT2D eigenvalue weighted by atomic mass is 10.0. The molecule has 2 aliphatic rings. The number of carboxylic acids is 1. The summed E-state index contributed by atoms with van der Waals surface area (Å²) in [4.78, 5) is 31.3. The molecule has 126 valence electrons. The summed E-state index contributed by atoms with van der Waals surface area (Å²) < 4.78 is 31.7. The van der Waals surface area contributed by atoms with Gasteiger partial charge in [0.25, 0.3) is 0 Å². The Labute approximate surface area is 124 Å². The van der Waals surface area contributed by atoms with Crippen molar-refractivity contribution in [3.05, 3.63) is 0 Å². The van der Waals surface area contributed by atoms with Crippen molar-refractivity contribution >= 4 is 17.8 Å². The van der Waals surface area contributed by atoms with Crippen LogP contribution in [-0.4, -0.2) is 54.2 Å². The third-order valence-corrected chi connectivity index (χ3v) is 3.26. The average Bonchev–Trinajstić information content (AvgIpc) is 2.43. The number of carboxylic acid groups (broad SMARTS) is 1. The number of carbonyl (C=O) groups excluding carboxylic acids is 2. The zero-order chi connectivity index (χ0) is 16.8. The molecule has 2 rings (SSSR count). The minimum absolute atomic E-state index is 0.150. The van der Waals surface area contributed by atoms with E-state index in [1.807, 2.05) is 0 Å². The van der Waals surface area contributed by atoms with E-state index in [0.29, 0.717) is 18.9 Å². The summed E-state index contributed by atoms with van der Waals surface area (Å²) in [6.07, 6.45) is -1.89. The predicted octanol–water partition coefficient (Wildman–Crippen LogP) is -0.233. The summed E-state index contributed by atoms with van der Waals surface area (Å²) in [7, 11) is 0. The highest BCUT2D eigenvalue weighted by atomic mass is 19.4. The van der Waals surface area contributed by atoms with Crippen LogP contribution in [0, 0.1) is 0 Å². The first kappa shape index (κ1) is 18.4. The van der Waals surface area contributed by atoms with Gasteiger partial charge in [0.15, 0.2) is 0 Å². The Morgan fingerprint density at radius 2 is 1.73 bits per heavy atom. The first-order valence-corrected chi connectivity index (χ1v) is 6.80. The second kappa shape index (κ2) is 8.08. The molecule has 0 bridgehead atoms. The van der Waals surface area contributed by atoms with Gasteiger partial charge in [0.2, 0.25) is 11.8 Å². The van der Waals surface area contributed by atoms with Gasteiger partial charge >= 0.3 is 12.1 Å². The number of piperidine rings is 2. The Bertz CT molecular complexity index is 422. The van der Waals surface area contributed by atoms with E-state index >= 15 is 0 Å². The molecule has 2 heterocycles. The molecule has 22 heavy (non-hydrogen) atoms. The number of alkyl halides is 3. The SMILES string of the molecule is O=C(O)C(F)(F)F.O=C1CCC(NC2CCNCC2)C(=O)N1. The van der Waals surface area contributed by atoms with Crippen molar-refractivity contribution in [3.8, 4) is 0 Å². The molecule has 0 saturated carbocycles. The molecule has 0 aliphatic carbocycles. The lowest BCUT2D eigenvalue weighted by molar-refractivity contribution is -0.192. The fraction of sp³-hybridized carbons (Fsp3) is 0.750. The van der Waals surface area contributed by atoms with E-state index in [4.69, 9.17) is 9.90 Å². The van der Waals surface area contributed by atoms with Gasteiger partial charge in [0, 0.05) is 12.5 Å². The monoisotopic (exact) mass is 325 g/mol. The Morgan fingerprint density at radius 3 is 2.18 bits per heavy atom. The van der Waals surface area contributed by atoms with Crippen molar-refractivity contribution in [1.29, 1.82) is 0 Å². The van der Waals surface area contributed by atoms with Gasteiger partial charge in [0.1, 0.15) is 0 Å². The summed E-state index contributed by atoms with van der Waals surface area (Å²) in [6, 6.07) is 0.237. The van der Waals surface area contributed by atoms with Crippen molar-refractivity contribution in [2.45, 2.75) is 43.9 Å². The molecule has 1 unspecified atom stereocenters. The topological polar surface area (TPSA) is 108 Å². The van der Waals surface area contributed by atoms with Crippen molar-refractivity contribution in [2.24, 2.45) is 0 Å². The molecule has 10 heteroatoms. The molecule has 0 spiro atoms. The van der Waals surface area contributed by atoms with Crippen LogP contribution >= 0.6 is 0 Å². The summed E-state index contributed by atoms with van der Waals surface area (Å²) in [5.74, 6) is -3.07. The van der Waals surface area contributed by atoms with E-state index in [1.54, 1.807) is 0 Å². The first-order valence-electron chi connectivity index (χ1n) is 6.80. The van der Waals surface area contributed by atoms with Crippen molar-refractivity contribution in [3.63, 3.8) is 0 Å². The highest BCUT2D eigenvalue weighted by Gasteiger charge is 2.38. The third-order valence-electron chi connectivity index (χ3n) is 3.26. The summed E-state index contributed by atoms with van der Waals surface area (Å²) in [5.41, 5.74) is 0. The smallest absolute Gasteiger partial charge is 0.475 e. The van der Waals surface area contributed by atoms with Gasteiger partial charge in [-0.2, -0.15) is 13.2 Å². The van der Waals surface area contributed by atoms with Gasteiger partial charge in [-0.05, 0) is 32.4 Å². The van der Waals surface area contributed by atoms with Crippen LogP contribution < -0.4 is 16.0 Å². The fourth-order valence-corrected chi connectivity index (χ4v) is 2.13. The number of imide groups is 1. The molecule has 4 N–H and O–H groups in total. The Morgan fingerprint density at radius 1 is 1.18 bits per heavy atom. The molecular formula is C12H18F3N3O4. The molecule has 2 saturated heterocycles. The molecule has 0 aromatic heterocycles. The zero-order valence-electron chi connectivity index (χ0n) is 11.7. The van der Waals surface area contributed by atoms with Crippen LogP contribution in [0.3, 0.4) is 0 Å². The molecule has 0 aromatic rings. The van der Waals surface area contributed by atoms with E-state index in [-0.39, 0.29) is 17.9 Å². The van der Waals surface area contributed by atoms with Crippen LogP contribution in [-0.2, 0) is 14.4 Å². The maximum Gasteiger partial charge on any atom is 0.490 e. The average molecular weight is 325 g/mol. The first-order chi connectivity index (χ1) is 10.2. The second-order valence-corrected chi connectivity index (χ2v) is 5.00. The molecule has 0 radical (unpaired) electrons. The molecular weight excluding hydrogens is 307 g/mol. The zero-order valence-corrected chi connectivity index (χ0v) is 11.7. The van der Waals surface area contributed by atoms with Gasteiger partial charge in [-0.25, -0.2) is 4.79 Å². The molecule has 2 aliphatic heterocycles. The third kappa shape index (κ3) is 6.39. The quantitative estimate of drug-likeness (QED) is 0.522. The number of nitrogens with one attached hydrogen (secondary N) is 3. The number of rotatable bonds is 2. The van der Waals surface area contributed by atoms with Crippen LogP contribution in [0.15, 0.2) is 0 Å². The summed E-state index contributed by atoms with van der Waals surface area (Å²) in [5, 5.41) is 16.1.